The SMILES string of the molecule is CC(C)c1cc(F)cc(C(C)C)c1NC(=O)NS(=O)(=O)C1CCCCN1. The highest BCUT2D eigenvalue weighted by Crippen LogP contribution is 2.33. The number of urea groups is 1. The Labute approximate surface area is 155 Å². The van der Waals surface area contributed by atoms with E-state index in [1.807, 2.05) is 27.7 Å². The Balaban J connectivity index is 2.25. The van der Waals surface area contributed by atoms with Crippen molar-refractivity contribution in [2.75, 3.05) is 11.9 Å². The lowest BCUT2D eigenvalue weighted by molar-refractivity contribution is 0.256. The molecule has 0 radical (unpaired) electrons. The number of hydrogen-bond acceptors (Lipinski definition) is 4. The van der Waals surface area contributed by atoms with Gasteiger partial charge in [-0.2, -0.15) is 0 Å². The number of benzene rings is 1. The smallest absolute Gasteiger partial charge is 0.307 e. The van der Waals surface area contributed by atoms with Gasteiger partial charge in [-0.1, -0.05) is 27.7 Å². The van der Waals surface area contributed by atoms with Gasteiger partial charge in [0.05, 0.1) is 0 Å². The van der Waals surface area contributed by atoms with Gasteiger partial charge in [0.2, 0.25) is 0 Å². The quantitative estimate of drug-likeness (QED) is 0.722. The molecule has 8 heteroatoms. The number of rotatable bonds is 5. The van der Waals surface area contributed by atoms with Crippen LogP contribution >= 0.6 is 0 Å². The van der Waals surface area contributed by atoms with Gasteiger partial charge in [0.15, 0.2) is 0 Å². The zero-order valence-corrected chi connectivity index (χ0v) is 16.5. The van der Waals surface area contributed by atoms with E-state index < -0.39 is 21.4 Å². The molecule has 1 aromatic carbocycles. The highest BCUT2D eigenvalue weighted by Gasteiger charge is 2.29. The molecule has 26 heavy (non-hydrogen) atoms. The van der Waals surface area contributed by atoms with E-state index in [1.54, 1.807) is 0 Å². The molecule has 1 aromatic rings. The van der Waals surface area contributed by atoms with E-state index in [4.69, 9.17) is 0 Å². The van der Waals surface area contributed by atoms with Crippen LogP contribution < -0.4 is 15.4 Å². The maximum absolute atomic E-state index is 13.9. The van der Waals surface area contributed by atoms with Gasteiger partial charge in [-0.25, -0.2) is 22.3 Å². The van der Waals surface area contributed by atoms with Gasteiger partial charge in [-0.15, -0.1) is 0 Å². The number of hydrogen-bond donors (Lipinski definition) is 3. The molecule has 2 amide bonds. The maximum atomic E-state index is 13.9. The number of carbonyl (C=O) groups is 1. The van der Waals surface area contributed by atoms with Crippen molar-refractivity contribution in [3.8, 4) is 0 Å². The fourth-order valence-corrected chi connectivity index (χ4v) is 4.39. The van der Waals surface area contributed by atoms with Gasteiger partial charge in [0.25, 0.3) is 10.0 Å². The second-order valence-electron chi connectivity index (χ2n) is 7.31. The number of piperidine rings is 1. The molecule has 0 bridgehead atoms. The summed E-state index contributed by atoms with van der Waals surface area (Å²) in [5.41, 5.74) is 1.75. The molecule has 1 unspecified atom stereocenters. The summed E-state index contributed by atoms with van der Waals surface area (Å²) in [6, 6.07) is 1.93. The second-order valence-corrected chi connectivity index (χ2v) is 9.17. The minimum absolute atomic E-state index is 0.0323. The molecule has 0 saturated carbocycles. The fraction of sp³-hybridized carbons (Fsp3) is 0.611. The van der Waals surface area contributed by atoms with E-state index in [9.17, 15) is 17.6 Å². The molecular formula is C18H28FN3O3S. The van der Waals surface area contributed by atoms with Crippen molar-refractivity contribution >= 4 is 21.7 Å². The Bertz CT molecular complexity index is 728. The van der Waals surface area contributed by atoms with Crippen molar-refractivity contribution in [2.45, 2.75) is 64.2 Å². The molecule has 0 aliphatic carbocycles. The molecule has 2 rings (SSSR count). The first-order chi connectivity index (χ1) is 12.1. The predicted octanol–water partition coefficient (Wildman–Crippen LogP) is 3.62. The highest BCUT2D eigenvalue weighted by atomic mass is 32.2. The van der Waals surface area contributed by atoms with Crippen molar-refractivity contribution in [3.05, 3.63) is 29.1 Å². The van der Waals surface area contributed by atoms with Crippen LogP contribution in [0.15, 0.2) is 12.1 Å². The summed E-state index contributed by atoms with van der Waals surface area (Å²) in [4.78, 5) is 12.4. The Morgan fingerprint density at radius 1 is 1.15 bits per heavy atom. The van der Waals surface area contributed by atoms with Crippen molar-refractivity contribution in [2.24, 2.45) is 0 Å². The van der Waals surface area contributed by atoms with Crippen LogP contribution in [-0.2, 0) is 10.0 Å². The van der Waals surface area contributed by atoms with Gasteiger partial charge < -0.3 is 5.32 Å². The van der Waals surface area contributed by atoms with E-state index in [0.717, 1.165) is 12.8 Å². The fourth-order valence-electron chi connectivity index (χ4n) is 3.13. The molecule has 1 fully saturated rings. The molecule has 1 atom stereocenters. The van der Waals surface area contributed by atoms with Crippen molar-refractivity contribution < 1.29 is 17.6 Å². The Hall–Kier alpha value is -1.67. The topological polar surface area (TPSA) is 87.3 Å². The predicted molar refractivity (Wildman–Crippen MR) is 101 cm³/mol. The maximum Gasteiger partial charge on any atom is 0.332 e. The van der Waals surface area contributed by atoms with E-state index >= 15 is 0 Å². The standard InChI is InChI=1S/C18H28FN3O3S/c1-11(2)14-9-13(19)10-15(12(3)4)17(14)21-18(23)22-26(24,25)16-7-5-6-8-20-16/h9-12,16,20H,5-8H2,1-4H3,(H2,21,22,23). The van der Waals surface area contributed by atoms with Crippen LogP contribution in [0.4, 0.5) is 14.9 Å². The van der Waals surface area contributed by atoms with Crippen LogP contribution in [0.1, 0.15) is 69.9 Å². The molecule has 3 N–H and O–H groups in total. The number of anilines is 1. The first-order valence-electron chi connectivity index (χ1n) is 9.01. The summed E-state index contributed by atoms with van der Waals surface area (Å²) in [6.45, 7) is 8.19. The molecule has 1 aliphatic heterocycles. The first kappa shape index (κ1) is 20.6. The Kier molecular flexibility index (Phi) is 6.63. The minimum Gasteiger partial charge on any atom is -0.307 e. The lowest BCUT2D eigenvalue weighted by Crippen LogP contribution is -2.49. The molecule has 1 saturated heterocycles. The van der Waals surface area contributed by atoms with Crippen LogP contribution in [0.5, 0.6) is 0 Å². The summed E-state index contributed by atoms with van der Waals surface area (Å²) >= 11 is 0. The summed E-state index contributed by atoms with van der Waals surface area (Å²) in [5.74, 6) is -0.437. The van der Waals surface area contributed by atoms with E-state index in [2.05, 4.69) is 15.4 Å². The number of halogens is 1. The first-order valence-corrected chi connectivity index (χ1v) is 10.6. The van der Waals surface area contributed by atoms with E-state index in [1.165, 1.54) is 12.1 Å². The zero-order chi connectivity index (χ0) is 19.5. The van der Waals surface area contributed by atoms with Crippen molar-refractivity contribution in [1.29, 1.82) is 0 Å². The van der Waals surface area contributed by atoms with Crippen LogP contribution in [0.25, 0.3) is 0 Å². The van der Waals surface area contributed by atoms with E-state index in [0.29, 0.717) is 29.8 Å². The molecule has 146 valence electrons. The molecule has 1 heterocycles. The van der Waals surface area contributed by atoms with E-state index in [-0.39, 0.29) is 17.7 Å². The third-order valence-electron chi connectivity index (χ3n) is 4.52. The molecule has 1 aliphatic rings. The third-order valence-corrected chi connectivity index (χ3v) is 6.14. The van der Waals surface area contributed by atoms with Gasteiger partial charge in [0, 0.05) is 5.69 Å². The normalized spacial score (nSPS) is 18.2. The summed E-state index contributed by atoms with van der Waals surface area (Å²) in [6.07, 6.45) is 2.18. The van der Waals surface area contributed by atoms with Crippen LogP contribution in [-0.4, -0.2) is 26.4 Å². The Morgan fingerprint density at radius 2 is 1.73 bits per heavy atom. The summed E-state index contributed by atoms with van der Waals surface area (Å²) in [5, 5.41) is 4.78. The van der Waals surface area contributed by atoms with Crippen molar-refractivity contribution in [1.82, 2.24) is 10.0 Å². The Morgan fingerprint density at radius 3 is 2.19 bits per heavy atom. The summed E-state index contributed by atoms with van der Waals surface area (Å²) < 4.78 is 40.8. The number of sulfonamides is 1. The number of amides is 2. The largest absolute Gasteiger partial charge is 0.332 e. The second kappa shape index (κ2) is 8.35. The van der Waals surface area contributed by atoms with Crippen LogP contribution in [0, 0.1) is 5.82 Å². The average molecular weight is 386 g/mol. The molecule has 6 nitrogen and oxygen atoms in total. The monoisotopic (exact) mass is 385 g/mol. The van der Waals surface area contributed by atoms with Gasteiger partial charge in [-0.05, 0) is 60.9 Å². The van der Waals surface area contributed by atoms with Crippen molar-refractivity contribution in [3.63, 3.8) is 0 Å². The van der Waals surface area contributed by atoms with Gasteiger partial charge >= 0.3 is 6.03 Å². The summed E-state index contributed by atoms with van der Waals surface area (Å²) in [7, 11) is -3.82. The molecule has 0 aromatic heterocycles. The highest BCUT2D eigenvalue weighted by molar-refractivity contribution is 7.90. The molecular weight excluding hydrogens is 357 g/mol. The minimum atomic E-state index is -3.82. The zero-order valence-electron chi connectivity index (χ0n) is 15.7. The lowest BCUT2D eigenvalue weighted by atomic mass is 9.92. The third kappa shape index (κ3) is 4.94. The number of carbonyl (C=O) groups excluding carboxylic acids is 1. The van der Waals surface area contributed by atoms with Gasteiger partial charge in [0.1, 0.15) is 11.2 Å². The molecule has 0 spiro atoms. The van der Waals surface area contributed by atoms with Crippen LogP contribution in [0.2, 0.25) is 0 Å². The average Bonchev–Trinajstić information content (AvgIpc) is 2.56. The van der Waals surface area contributed by atoms with Crippen LogP contribution in [0.3, 0.4) is 0 Å². The lowest BCUT2D eigenvalue weighted by Gasteiger charge is -2.24. The number of nitrogens with one attached hydrogen (secondary N) is 3. The van der Waals surface area contributed by atoms with Gasteiger partial charge in [-0.3, -0.25) is 5.32 Å².